The zero-order valence-electron chi connectivity index (χ0n) is 16.7. The van der Waals surface area contributed by atoms with E-state index in [1.807, 2.05) is 35.2 Å². The lowest BCUT2D eigenvalue weighted by Gasteiger charge is -2.64. The third-order valence-corrected chi connectivity index (χ3v) is 7.15. The highest BCUT2D eigenvalue weighted by Gasteiger charge is 2.55. The number of hydrogen-bond acceptors (Lipinski definition) is 4. The molecule has 1 atom stereocenters. The summed E-state index contributed by atoms with van der Waals surface area (Å²) >= 11 is 0. The van der Waals surface area contributed by atoms with Crippen molar-refractivity contribution in [3.63, 3.8) is 0 Å². The number of benzene rings is 1. The van der Waals surface area contributed by atoms with Crippen LogP contribution in [0.1, 0.15) is 32.1 Å². The predicted molar refractivity (Wildman–Crippen MR) is 110 cm³/mol. The summed E-state index contributed by atoms with van der Waals surface area (Å²) in [7, 11) is 0. The van der Waals surface area contributed by atoms with Crippen LogP contribution in [0.4, 0.5) is 10.5 Å². The second-order valence-corrected chi connectivity index (χ2v) is 9.02. The van der Waals surface area contributed by atoms with Crippen molar-refractivity contribution < 1.29 is 9.53 Å². The Hall–Kier alpha value is -1.63. The molecule has 1 unspecified atom stereocenters. The van der Waals surface area contributed by atoms with Crippen molar-refractivity contribution in [2.45, 2.75) is 49.7 Å². The number of para-hydroxylation sites is 1. The number of nitrogens with one attached hydrogen (secondary N) is 1. The van der Waals surface area contributed by atoms with Crippen molar-refractivity contribution in [2.75, 3.05) is 51.3 Å². The van der Waals surface area contributed by atoms with Gasteiger partial charge in [-0.05, 0) is 25.0 Å². The lowest BCUT2D eigenvalue weighted by atomic mass is 9.79. The number of morpholine rings is 1. The standard InChI is InChI=1S/C22H32N4O2/c27-21(23-18-7-3-1-4-8-18)24-13-20-14-28-12-11-26(20)22(15-24)16-25(17-22)19-9-5-2-6-10-19/h1,3-4,7-8,19-20H,2,5-6,9-17H2,(H,23,27). The van der Waals surface area contributed by atoms with Crippen LogP contribution < -0.4 is 5.32 Å². The van der Waals surface area contributed by atoms with E-state index in [2.05, 4.69) is 15.1 Å². The number of ether oxygens (including phenoxy) is 1. The predicted octanol–water partition coefficient (Wildman–Crippen LogP) is 2.62. The van der Waals surface area contributed by atoms with Gasteiger partial charge in [0.2, 0.25) is 0 Å². The van der Waals surface area contributed by atoms with Crippen molar-refractivity contribution in [3.05, 3.63) is 30.3 Å². The number of anilines is 1. The lowest BCUT2D eigenvalue weighted by molar-refractivity contribution is -0.167. The van der Waals surface area contributed by atoms with E-state index in [0.717, 1.165) is 57.7 Å². The van der Waals surface area contributed by atoms with Crippen molar-refractivity contribution in [3.8, 4) is 0 Å². The Morgan fingerprint density at radius 3 is 2.61 bits per heavy atom. The average Bonchev–Trinajstić information content (AvgIpc) is 2.72. The smallest absolute Gasteiger partial charge is 0.321 e. The molecule has 1 spiro atoms. The minimum Gasteiger partial charge on any atom is -0.378 e. The molecule has 3 heterocycles. The first-order valence-corrected chi connectivity index (χ1v) is 10.9. The summed E-state index contributed by atoms with van der Waals surface area (Å²) in [6.07, 6.45) is 6.84. The molecule has 4 aliphatic rings. The molecule has 6 heteroatoms. The first-order chi connectivity index (χ1) is 13.7. The van der Waals surface area contributed by atoms with Gasteiger partial charge in [0.1, 0.15) is 0 Å². The van der Waals surface area contributed by atoms with Gasteiger partial charge >= 0.3 is 6.03 Å². The van der Waals surface area contributed by atoms with Gasteiger partial charge in [0.15, 0.2) is 0 Å². The van der Waals surface area contributed by atoms with E-state index in [4.69, 9.17) is 4.74 Å². The monoisotopic (exact) mass is 384 g/mol. The molecule has 152 valence electrons. The molecule has 1 aromatic carbocycles. The molecule has 2 amide bonds. The molecule has 1 N–H and O–H groups in total. The Balaban J connectivity index is 1.29. The van der Waals surface area contributed by atoms with E-state index >= 15 is 0 Å². The van der Waals surface area contributed by atoms with Crippen molar-refractivity contribution >= 4 is 11.7 Å². The number of likely N-dealkylation sites (tertiary alicyclic amines) is 1. The molecule has 5 rings (SSSR count). The molecule has 0 bridgehead atoms. The van der Waals surface area contributed by atoms with Crippen LogP contribution in [0.15, 0.2) is 30.3 Å². The fraction of sp³-hybridized carbons (Fsp3) is 0.682. The molecule has 6 nitrogen and oxygen atoms in total. The highest BCUT2D eigenvalue weighted by atomic mass is 16.5. The Kier molecular flexibility index (Phi) is 5.03. The zero-order valence-corrected chi connectivity index (χ0v) is 16.7. The van der Waals surface area contributed by atoms with Gasteiger partial charge in [-0.15, -0.1) is 0 Å². The quantitative estimate of drug-likeness (QED) is 0.852. The van der Waals surface area contributed by atoms with Gasteiger partial charge < -0.3 is 15.0 Å². The normalized spacial score (nSPS) is 28.6. The highest BCUT2D eigenvalue weighted by molar-refractivity contribution is 5.89. The first kappa shape index (κ1) is 18.4. The average molecular weight is 385 g/mol. The van der Waals surface area contributed by atoms with E-state index < -0.39 is 0 Å². The highest BCUT2D eigenvalue weighted by Crippen LogP contribution is 2.39. The fourth-order valence-electron chi connectivity index (χ4n) is 5.77. The number of carbonyl (C=O) groups is 1. The maximum absolute atomic E-state index is 13.0. The number of nitrogens with zero attached hydrogens (tertiary/aromatic N) is 3. The molecular weight excluding hydrogens is 352 g/mol. The van der Waals surface area contributed by atoms with Gasteiger partial charge in [-0.3, -0.25) is 9.80 Å². The van der Waals surface area contributed by atoms with Crippen LogP contribution in [0, 0.1) is 0 Å². The molecule has 28 heavy (non-hydrogen) atoms. The molecule has 3 aliphatic heterocycles. The number of hydrogen-bond donors (Lipinski definition) is 1. The summed E-state index contributed by atoms with van der Waals surface area (Å²) in [6.45, 7) is 6.33. The zero-order chi connectivity index (χ0) is 19.0. The van der Waals surface area contributed by atoms with E-state index in [9.17, 15) is 4.79 Å². The summed E-state index contributed by atoms with van der Waals surface area (Å²) in [5.74, 6) is 0. The van der Waals surface area contributed by atoms with Gasteiger partial charge in [-0.1, -0.05) is 37.5 Å². The Bertz CT molecular complexity index is 685. The largest absolute Gasteiger partial charge is 0.378 e. The second kappa shape index (κ2) is 7.65. The summed E-state index contributed by atoms with van der Waals surface area (Å²) in [4.78, 5) is 20.4. The minimum absolute atomic E-state index is 0.0203. The third-order valence-electron chi connectivity index (χ3n) is 7.15. The van der Waals surface area contributed by atoms with Gasteiger partial charge in [0.05, 0.1) is 24.8 Å². The van der Waals surface area contributed by atoms with E-state index in [-0.39, 0.29) is 11.6 Å². The van der Waals surface area contributed by atoms with Crippen LogP contribution >= 0.6 is 0 Å². The third kappa shape index (κ3) is 3.42. The Morgan fingerprint density at radius 2 is 1.82 bits per heavy atom. The van der Waals surface area contributed by atoms with Crippen molar-refractivity contribution in [1.82, 2.24) is 14.7 Å². The molecule has 1 saturated carbocycles. The minimum atomic E-state index is 0.0203. The second-order valence-electron chi connectivity index (χ2n) is 9.02. The number of fused-ring (bicyclic) bond motifs is 2. The number of urea groups is 1. The number of carbonyl (C=O) groups excluding carboxylic acids is 1. The van der Waals surface area contributed by atoms with Gasteiger partial charge in [-0.25, -0.2) is 4.79 Å². The molecule has 1 aromatic rings. The van der Waals surface area contributed by atoms with Crippen molar-refractivity contribution in [2.24, 2.45) is 0 Å². The van der Waals surface area contributed by atoms with Crippen LogP contribution in [0.3, 0.4) is 0 Å². The fourth-order valence-corrected chi connectivity index (χ4v) is 5.77. The summed E-state index contributed by atoms with van der Waals surface area (Å²) in [6, 6.07) is 10.9. The van der Waals surface area contributed by atoms with Crippen LogP contribution in [0.5, 0.6) is 0 Å². The van der Waals surface area contributed by atoms with Crippen LogP contribution in [-0.2, 0) is 4.74 Å². The Morgan fingerprint density at radius 1 is 1.04 bits per heavy atom. The number of piperazine rings is 1. The van der Waals surface area contributed by atoms with Gasteiger partial charge in [0, 0.05) is 44.5 Å². The maximum atomic E-state index is 13.0. The molecular formula is C22H32N4O2. The number of rotatable bonds is 2. The van der Waals surface area contributed by atoms with Crippen molar-refractivity contribution in [1.29, 1.82) is 0 Å². The van der Waals surface area contributed by atoms with Gasteiger partial charge in [0.25, 0.3) is 0 Å². The van der Waals surface area contributed by atoms with Crippen LogP contribution in [-0.4, -0.2) is 84.3 Å². The van der Waals surface area contributed by atoms with E-state index in [1.165, 1.54) is 32.1 Å². The first-order valence-electron chi connectivity index (χ1n) is 10.9. The molecule has 0 aromatic heterocycles. The van der Waals surface area contributed by atoms with Gasteiger partial charge in [-0.2, -0.15) is 0 Å². The molecule has 0 radical (unpaired) electrons. The summed E-state index contributed by atoms with van der Waals surface area (Å²) in [5, 5.41) is 3.08. The Labute approximate surface area is 167 Å². The van der Waals surface area contributed by atoms with Crippen LogP contribution in [0.25, 0.3) is 0 Å². The summed E-state index contributed by atoms with van der Waals surface area (Å²) in [5.41, 5.74) is 0.972. The SMILES string of the molecule is O=C(Nc1ccccc1)N1CC2COCCN2C2(C1)CN(C1CCCCC1)C2. The maximum Gasteiger partial charge on any atom is 0.321 e. The number of amides is 2. The van der Waals surface area contributed by atoms with E-state index in [0.29, 0.717) is 6.04 Å². The van der Waals surface area contributed by atoms with E-state index in [1.54, 1.807) is 0 Å². The topological polar surface area (TPSA) is 48.1 Å². The molecule has 1 aliphatic carbocycles. The molecule has 4 fully saturated rings. The lowest BCUT2D eigenvalue weighted by Crippen LogP contribution is -2.82. The molecule has 3 saturated heterocycles. The summed E-state index contributed by atoms with van der Waals surface area (Å²) < 4.78 is 5.78. The van der Waals surface area contributed by atoms with Crippen LogP contribution in [0.2, 0.25) is 0 Å².